The number of anilines is 6. The van der Waals surface area contributed by atoms with Crippen LogP contribution < -0.4 is 9.80 Å². The fourth-order valence-electron chi connectivity index (χ4n) is 9.92. The highest BCUT2D eigenvalue weighted by atomic mass is 16.3. The van der Waals surface area contributed by atoms with E-state index in [1.165, 1.54) is 43.4 Å². The number of hydrogen-bond acceptors (Lipinski definition) is 4. The fourth-order valence-corrected chi connectivity index (χ4v) is 9.92. The predicted octanol–water partition coefficient (Wildman–Crippen LogP) is 18.1. The number of furan rings is 2. The Kier molecular flexibility index (Phi) is 8.84. The number of hydrogen-bond donors (Lipinski definition) is 0. The molecule has 0 saturated heterocycles. The molecule has 0 fully saturated rings. The lowest BCUT2D eigenvalue weighted by atomic mass is 9.89. The standard InChI is InChI=1S/C60H46N2O2/c1-37(2)39-29-31-43-49-36-56(62(42-19-9-6-10-20-42)54-26-16-24-48-46-22-12-14-28-58(46)64-60(48)54)52-34-40(38(3)4)30-32-44(52)50(49)35-55(51(43)33-39)61(41-17-7-5-8-18-41)53-25-15-23-47-45-21-11-13-27-57(45)63-59(47)53/h5-38H,1-4H3. The first-order chi connectivity index (χ1) is 31.4. The first kappa shape index (κ1) is 37.9. The Morgan fingerprint density at radius 3 is 1.11 bits per heavy atom. The van der Waals surface area contributed by atoms with E-state index in [1.54, 1.807) is 0 Å². The summed E-state index contributed by atoms with van der Waals surface area (Å²) in [6, 6.07) is 70.3. The quantitative estimate of drug-likeness (QED) is 0.143. The molecule has 2 aromatic heterocycles. The van der Waals surface area contributed by atoms with E-state index in [0.29, 0.717) is 11.8 Å². The molecule has 12 aromatic rings. The van der Waals surface area contributed by atoms with Gasteiger partial charge < -0.3 is 18.6 Å². The van der Waals surface area contributed by atoms with Crippen LogP contribution in [0.3, 0.4) is 0 Å². The molecular weight excluding hydrogens is 781 g/mol. The van der Waals surface area contributed by atoms with E-state index in [1.807, 2.05) is 12.1 Å². The third-order valence-corrected chi connectivity index (χ3v) is 13.2. The summed E-state index contributed by atoms with van der Waals surface area (Å²) < 4.78 is 13.6. The Balaban J connectivity index is 1.22. The van der Waals surface area contributed by atoms with E-state index >= 15 is 0 Å². The minimum absolute atomic E-state index is 0.330. The number of para-hydroxylation sites is 6. The molecule has 0 N–H and O–H groups in total. The number of rotatable bonds is 8. The van der Waals surface area contributed by atoms with Crippen molar-refractivity contribution in [1.29, 1.82) is 0 Å². The largest absolute Gasteiger partial charge is 0.454 e. The van der Waals surface area contributed by atoms with Crippen LogP contribution in [0.15, 0.2) is 203 Å². The van der Waals surface area contributed by atoms with Crippen molar-refractivity contribution in [2.75, 3.05) is 9.80 Å². The van der Waals surface area contributed by atoms with Gasteiger partial charge in [-0.25, -0.2) is 0 Å². The fraction of sp³-hybridized carbons (Fsp3) is 0.100. The molecule has 0 saturated carbocycles. The van der Waals surface area contributed by atoms with Crippen molar-refractivity contribution >= 4 is 110 Å². The van der Waals surface area contributed by atoms with Gasteiger partial charge in [0.2, 0.25) is 0 Å². The second kappa shape index (κ2) is 14.9. The molecule has 0 bridgehead atoms. The molecule has 12 rings (SSSR count). The minimum atomic E-state index is 0.330. The molecule has 0 unspecified atom stereocenters. The van der Waals surface area contributed by atoms with Gasteiger partial charge >= 0.3 is 0 Å². The third kappa shape index (κ3) is 5.97. The molecule has 4 nitrogen and oxygen atoms in total. The van der Waals surface area contributed by atoms with Crippen LogP contribution in [-0.2, 0) is 0 Å². The average molecular weight is 827 g/mol. The van der Waals surface area contributed by atoms with Crippen LogP contribution >= 0.6 is 0 Å². The van der Waals surface area contributed by atoms with Gasteiger partial charge in [0.25, 0.3) is 0 Å². The molecule has 0 aliphatic carbocycles. The van der Waals surface area contributed by atoms with Crippen molar-refractivity contribution in [3.05, 3.63) is 205 Å². The minimum Gasteiger partial charge on any atom is -0.454 e. The zero-order valence-electron chi connectivity index (χ0n) is 36.3. The molecule has 0 radical (unpaired) electrons. The lowest BCUT2D eigenvalue weighted by Crippen LogP contribution is -2.12. The van der Waals surface area contributed by atoms with Crippen molar-refractivity contribution < 1.29 is 8.83 Å². The SMILES string of the molecule is CC(C)c1ccc2c(c1)c(N(c1ccccc1)c1cccc3c1oc1ccccc13)cc1c3ccc(C(C)C)cc3c(N(c3ccccc3)c3cccc4c3oc3ccccc34)cc21. The Hall–Kier alpha value is -7.82. The molecule has 0 spiro atoms. The maximum atomic E-state index is 6.80. The molecule has 10 aromatic carbocycles. The van der Waals surface area contributed by atoms with Gasteiger partial charge in [-0.3, -0.25) is 0 Å². The van der Waals surface area contributed by atoms with Gasteiger partial charge in [0.1, 0.15) is 11.2 Å². The summed E-state index contributed by atoms with van der Waals surface area (Å²) in [5.74, 6) is 0.660. The van der Waals surface area contributed by atoms with Crippen LogP contribution in [0, 0.1) is 0 Å². The average Bonchev–Trinajstić information content (AvgIpc) is 3.92. The van der Waals surface area contributed by atoms with E-state index in [4.69, 9.17) is 8.83 Å². The highest BCUT2D eigenvalue weighted by molar-refractivity contribution is 6.26. The van der Waals surface area contributed by atoms with Gasteiger partial charge in [-0.2, -0.15) is 0 Å². The maximum absolute atomic E-state index is 6.80. The second-order valence-electron chi connectivity index (χ2n) is 17.7. The zero-order chi connectivity index (χ0) is 43.1. The second-order valence-corrected chi connectivity index (χ2v) is 17.7. The van der Waals surface area contributed by atoms with Crippen molar-refractivity contribution in [1.82, 2.24) is 0 Å². The van der Waals surface area contributed by atoms with Gasteiger partial charge in [-0.1, -0.05) is 149 Å². The van der Waals surface area contributed by atoms with Crippen LogP contribution in [0.25, 0.3) is 76.2 Å². The molecule has 0 amide bonds. The van der Waals surface area contributed by atoms with Gasteiger partial charge in [0.15, 0.2) is 11.2 Å². The topological polar surface area (TPSA) is 32.8 Å². The number of fused-ring (bicyclic) bond motifs is 11. The van der Waals surface area contributed by atoms with E-state index in [-0.39, 0.29) is 0 Å². The van der Waals surface area contributed by atoms with Gasteiger partial charge in [-0.15, -0.1) is 0 Å². The summed E-state index contributed by atoms with van der Waals surface area (Å²) in [6.45, 7) is 9.11. The van der Waals surface area contributed by atoms with E-state index in [2.05, 4.69) is 219 Å². The molecule has 308 valence electrons. The Morgan fingerprint density at radius 2 is 0.688 bits per heavy atom. The van der Waals surface area contributed by atoms with Crippen molar-refractivity contribution in [3.8, 4) is 0 Å². The first-order valence-electron chi connectivity index (χ1n) is 22.4. The lowest BCUT2D eigenvalue weighted by molar-refractivity contribution is 0.669. The van der Waals surface area contributed by atoms with Gasteiger partial charge in [-0.05, 0) is 117 Å². The summed E-state index contributed by atoms with van der Waals surface area (Å²) >= 11 is 0. The van der Waals surface area contributed by atoms with E-state index < -0.39 is 0 Å². The number of nitrogens with zero attached hydrogens (tertiary/aromatic N) is 2. The highest BCUT2D eigenvalue weighted by Gasteiger charge is 2.26. The highest BCUT2D eigenvalue weighted by Crippen LogP contribution is 2.51. The predicted molar refractivity (Wildman–Crippen MR) is 271 cm³/mol. The molecule has 64 heavy (non-hydrogen) atoms. The summed E-state index contributed by atoms with van der Waals surface area (Å²) in [4.78, 5) is 4.83. The number of benzene rings is 10. The van der Waals surface area contributed by atoms with E-state index in [0.717, 1.165) is 78.0 Å². The van der Waals surface area contributed by atoms with Gasteiger partial charge in [0, 0.05) is 43.7 Å². The smallest absolute Gasteiger partial charge is 0.159 e. The summed E-state index contributed by atoms with van der Waals surface area (Å²) in [5, 5.41) is 11.5. The Labute approximate surface area is 372 Å². The molecule has 4 heteroatoms. The van der Waals surface area contributed by atoms with Crippen LogP contribution in [0.4, 0.5) is 34.1 Å². The van der Waals surface area contributed by atoms with Gasteiger partial charge in [0.05, 0.1) is 22.7 Å². The van der Waals surface area contributed by atoms with Crippen LogP contribution in [0.5, 0.6) is 0 Å². The van der Waals surface area contributed by atoms with Crippen LogP contribution in [-0.4, -0.2) is 0 Å². The van der Waals surface area contributed by atoms with Crippen LogP contribution in [0.2, 0.25) is 0 Å². The Morgan fingerprint density at radius 1 is 0.297 bits per heavy atom. The first-order valence-corrected chi connectivity index (χ1v) is 22.4. The third-order valence-electron chi connectivity index (χ3n) is 13.2. The monoisotopic (exact) mass is 826 g/mol. The molecule has 0 aliphatic heterocycles. The Bertz CT molecular complexity index is 3500. The zero-order valence-corrected chi connectivity index (χ0v) is 36.3. The van der Waals surface area contributed by atoms with Crippen molar-refractivity contribution in [3.63, 3.8) is 0 Å². The van der Waals surface area contributed by atoms with Crippen LogP contribution in [0.1, 0.15) is 50.7 Å². The van der Waals surface area contributed by atoms with E-state index in [9.17, 15) is 0 Å². The molecular formula is C60H46N2O2. The maximum Gasteiger partial charge on any atom is 0.159 e. The van der Waals surface area contributed by atoms with Crippen molar-refractivity contribution in [2.45, 2.75) is 39.5 Å². The summed E-state index contributed by atoms with van der Waals surface area (Å²) in [6.07, 6.45) is 0. The van der Waals surface area contributed by atoms with Crippen molar-refractivity contribution in [2.24, 2.45) is 0 Å². The summed E-state index contributed by atoms with van der Waals surface area (Å²) in [5.41, 5.74) is 12.3. The molecule has 0 aliphatic rings. The normalized spacial score (nSPS) is 12.0. The molecule has 2 heterocycles. The molecule has 0 atom stereocenters. The lowest BCUT2D eigenvalue weighted by Gasteiger charge is -2.30. The summed E-state index contributed by atoms with van der Waals surface area (Å²) in [7, 11) is 0.